The number of hydrogen-bond acceptors (Lipinski definition) is 6. The fraction of sp³-hybridized carbons (Fsp3) is 0.421. The maximum atomic E-state index is 14.7. The Morgan fingerprint density at radius 3 is 2.48 bits per heavy atom. The van der Waals surface area contributed by atoms with Crippen molar-refractivity contribution in [2.45, 2.75) is 64.6 Å². The van der Waals surface area contributed by atoms with Gasteiger partial charge in [-0.05, 0) is 67.0 Å². The normalized spacial score (nSPS) is 15.5. The van der Waals surface area contributed by atoms with E-state index < -0.39 is 23.8 Å². The molecule has 1 aliphatic heterocycles. The molecule has 0 spiro atoms. The zero-order valence-electron chi connectivity index (χ0n) is 28.2. The zero-order valence-corrected chi connectivity index (χ0v) is 28.2. The second-order valence-electron chi connectivity index (χ2n) is 12.7. The van der Waals surface area contributed by atoms with E-state index in [9.17, 15) is 24.0 Å². The number of carbonyl (C=O) groups excluding carboxylic acids is 3. The van der Waals surface area contributed by atoms with Crippen molar-refractivity contribution in [1.82, 2.24) is 20.9 Å². The highest BCUT2D eigenvalue weighted by Gasteiger charge is 2.30. The van der Waals surface area contributed by atoms with Gasteiger partial charge >= 0.3 is 0 Å². The van der Waals surface area contributed by atoms with Crippen LogP contribution in [0.2, 0.25) is 0 Å². The SMILES string of the molecule is CC[C@H](NC[C@H](Cc1ccccc1)NC(=O)c1cc(C(=O)N2CCC[C@@H]2COC)cc(-c2cccc(F)c2C#N)c1)C(=O)NCC(C)C. The van der Waals surface area contributed by atoms with Gasteiger partial charge in [0.2, 0.25) is 5.91 Å². The van der Waals surface area contributed by atoms with Gasteiger partial charge in [-0.15, -0.1) is 0 Å². The van der Waals surface area contributed by atoms with Gasteiger partial charge in [-0.25, -0.2) is 4.39 Å². The number of nitrogens with one attached hydrogen (secondary N) is 3. The molecule has 0 saturated carbocycles. The van der Waals surface area contributed by atoms with Crippen molar-refractivity contribution in [1.29, 1.82) is 5.26 Å². The maximum absolute atomic E-state index is 14.7. The molecule has 1 heterocycles. The number of methoxy groups -OCH3 is 1. The zero-order chi connectivity index (χ0) is 34.6. The van der Waals surface area contributed by atoms with Crippen LogP contribution >= 0.6 is 0 Å². The summed E-state index contributed by atoms with van der Waals surface area (Å²) < 4.78 is 20.1. The van der Waals surface area contributed by atoms with Crippen LogP contribution in [0.15, 0.2) is 66.7 Å². The highest BCUT2D eigenvalue weighted by molar-refractivity contribution is 6.02. The first-order valence-electron chi connectivity index (χ1n) is 16.6. The Bertz CT molecular complexity index is 1610. The largest absolute Gasteiger partial charge is 0.383 e. The first kappa shape index (κ1) is 36.2. The predicted molar refractivity (Wildman–Crippen MR) is 184 cm³/mol. The average molecular weight is 656 g/mol. The molecule has 48 heavy (non-hydrogen) atoms. The summed E-state index contributed by atoms with van der Waals surface area (Å²) in [7, 11) is 1.60. The number of ether oxygens (including phenoxy) is 1. The Kier molecular flexibility index (Phi) is 13.2. The number of rotatable bonds is 15. The number of amides is 3. The number of nitrogens with zero attached hydrogens (tertiary/aromatic N) is 2. The van der Waals surface area contributed by atoms with E-state index in [1.54, 1.807) is 36.3 Å². The Morgan fingerprint density at radius 2 is 1.79 bits per heavy atom. The van der Waals surface area contributed by atoms with Crippen LogP contribution < -0.4 is 16.0 Å². The number of nitriles is 1. The third kappa shape index (κ3) is 9.49. The summed E-state index contributed by atoms with van der Waals surface area (Å²) in [5.41, 5.74) is 1.97. The lowest BCUT2D eigenvalue weighted by molar-refractivity contribution is -0.123. The summed E-state index contributed by atoms with van der Waals surface area (Å²) in [5.74, 6) is -1.16. The van der Waals surface area contributed by atoms with Gasteiger partial charge < -0.3 is 25.6 Å². The van der Waals surface area contributed by atoms with Gasteiger partial charge in [-0.3, -0.25) is 14.4 Å². The standard InChI is InChI=1S/C38H46FN5O4/c1-5-35(37(46)42-22-25(2)3)41-23-30(17-26-11-7-6-8-12-26)43-36(45)28-18-27(32-14-9-15-34(39)33(32)21-40)19-29(20-28)38(47)44-16-10-13-31(44)24-48-4/h6-9,11-12,14-15,18-20,25,30-31,35,41H,5,10,13,16-17,22-24H2,1-4H3,(H,42,46)(H,43,45)/t30-,31+,35-/m0/s1. The predicted octanol–water partition coefficient (Wildman–Crippen LogP) is 5.10. The van der Waals surface area contributed by atoms with Gasteiger partial charge in [-0.1, -0.05) is 63.2 Å². The molecule has 1 saturated heterocycles. The quantitative estimate of drug-likeness (QED) is 0.210. The minimum Gasteiger partial charge on any atom is -0.383 e. The Morgan fingerprint density at radius 1 is 1.04 bits per heavy atom. The Balaban J connectivity index is 1.67. The summed E-state index contributed by atoms with van der Waals surface area (Å²) in [6.07, 6.45) is 2.69. The van der Waals surface area contributed by atoms with Crippen molar-refractivity contribution in [3.63, 3.8) is 0 Å². The molecular formula is C38H46FN5O4. The van der Waals surface area contributed by atoms with Gasteiger partial charge in [0, 0.05) is 49.5 Å². The van der Waals surface area contributed by atoms with Crippen molar-refractivity contribution >= 4 is 17.7 Å². The van der Waals surface area contributed by atoms with Crippen molar-refractivity contribution < 1.29 is 23.5 Å². The van der Waals surface area contributed by atoms with Crippen molar-refractivity contribution in [3.8, 4) is 17.2 Å². The Labute approximate surface area is 282 Å². The summed E-state index contributed by atoms with van der Waals surface area (Å²) in [4.78, 5) is 42.5. The van der Waals surface area contributed by atoms with E-state index in [0.717, 1.165) is 18.4 Å². The molecular weight excluding hydrogens is 609 g/mol. The second-order valence-corrected chi connectivity index (χ2v) is 12.7. The minimum atomic E-state index is -0.686. The lowest BCUT2D eigenvalue weighted by Gasteiger charge is -2.25. The molecule has 254 valence electrons. The molecule has 4 rings (SSSR count). The van der Waals surface area contributed by atoms with Crippen LogP contribution in [0.25, 0.3) is 11.1 Å². The molecule has 9 nitrogen and oxygen atoms in total. The molecule has 3 N–H and O–H groups in total. The maximum Gasteiger partial charge on any atom is 0.254 e. The lowest BCUT2D eigenvalue weighted by Crippen LogP contribution is -2.50. The van der Waals surface area contributed by atoms with Crippen molar-refractivity contribution in [3.05, 3.63) is 94.8 Å². The minimum absolute atomic E-state index is 0.0936. The lowest BCUT2D eigenvalue weighted by atomic mass is 9.95. The molecule has 1 aliphatic rings. The van der Waals surface area contributed by atoms with Crippen LogP contribution in [0.1, 0.15) is 71.9 Å². The van der Waals surface area contributed by atoms with E-state index in [2.05, 4.69) is 16.0 Å². The topological polar surface area (TPSA) is 124 Å². The molecule has 3 aromatic rings. The third-order valence-electron chi connectivity index (χ3n) is 8.56. The van der Waals surface area contributed by atoms with E-state index in [1.165, 1.54) is 12.1 Å². The molecule has 0 bridgehead atoms. The van der Waals surface area contributed by atoms with E-state index in [0.29, 0.717) is 50.6 Å². The number of hydrogen-bond donors (Lipinski definition) is 3. The van der Waals surface area contributed by atoms with Gasteiger partial charge in [0.05, 0.1) is 24.3 Å². The highest BCUT2D eigenvalue weighted by Crippen LogP contribution is 2.29. The van der Waals surface area contributed by atoms with E-state index >= 15 is 0 Å². The van der Waals surface area contributed by atoms with Gasteiger partial charge in [0.15, 0.2) is 0 Å². The summed E-state index contributed by atoms with van der Waals surface area (Å²) in [5, 5.41) is 19.2. The van der Waals surface area contributed by atoms with Crippen molar-refractivity contribution in [2.24, 2.45) is 5.92 Å². The smallest absolute Gasteiger partial charge is 0.254 e. The fourth-order valence-electron chi connectivity index (χ4n) is 6.03. The van der Waals surface area contributed by atoms with Crippen LogP contribution in [0, 0.1) is 23.1 Å². The van der Waals surface area contributed by atoms with E-state index in [1.807, 2.05) is 57.2 Å². The Hall–Kier alpha value is -4.59. The van der Waals surface area contributed by atoms with Gasteiger partial charge in [0.25, 0.3) is 11.8 Å². The third-order valence-corrected chi connectivity index (χ3v) is 8.56. The molecule has 3 aromatic carbocycles. The molecule has 3 atom stereocenters. The number of likely N-dealkylation sites (tertiary alicyclic amines) is 1. The van der Waals surface area contributed by atoms with E-state index in [-0.39, 0.29) is 40.1 Å². The monoisotopic (exact) mass is 655 g/mol. The van der Waals surface area contributed by atoms with E-state index in [4.69, 9.17) is 4.74 Å². The van der Waals surface area contributed by atoms with Gasteiger partial charge in [-0.2, -0.15) is 5.26 Å². The number of benzene rings is 3. The summed E-state index contributed by atoms with van der Waals surface area (Å²) in [6.45, 7) is 7.83. The van der Waals surface area contributed by atoms with Gasteiger partial charge in [0.1, 0.15) is 11.9 Å². The van der Waals surface area contributed by atoms with Crippen LogP contribution in [0.3, 0.4) is 0 Å². The van der Waals surface area contributed by atoms with Crippen LogP contribution in [-0.4, -0.2) is 74.1 Å². The number of carbonyl (C=O) groups is 3. The molecule has 0 aliphatic carbocycles. The van der Waals surface area contributed by atoms with Crippen LogP contribution in [-0.2, 0) is 16.0 Å². The summed E-state index contributed by atoms with van der Waals surface area (Å²) in [6, 6.07) is 19.8. The molecule has 0 aromatic heterocycles. The van der Waals surface area contributed by atoms with Crippen LogP contribution in [0.5, 0.6) is 0 Å². The molecule has 1 fully saturated rings. The van der Waals surface area contributed by atoms with Crippen molar-refractivity contribution in [2.75, 3.05) is 33.4 Å². The fourth-order valence-corrected chi connectivity index (χ4v) is 6.03. The summed E-state index contributed by atoms with van der Waals surface area (Å²) >= 11 is 0. The first-order valence-corrected chi connectivity index (χ1v) is 16.6. The first-order chi connectivity index (χ1) is 23.1. The molecule has 0 unspecified atom stereocenters. The average Bonchev–Trinajstić information content (AvgIpc) is 3.55. The molecule has 0 radical (unpaired) electrons. The molecule has 3 amide bonds. The van der Waals surface area contributed by atoms with Crippen LogP contribution in [0.4, 0.5) is 4.39 Å². The second kappa shape index (κ2) is 17.5. The molecule has 10 heteroatoms. The highest BCUT2D eigenvalue weighted by atomic mass is 19.1. The number of halogens is 1.